The molecule has 1 unspecified atom stereocenters. The van der Waals surface area contributed by atoms with Crippen molar-refractivity contribution in [3.63, 3.8) is 0 Å². The number of piperidine rings is 1. The van der Waals surface area contributed by atoms with E-state index >= 15 is 0 Å². The Labute approximate surface area is 123 Å². The van der Waals surface area contributed by atoms with Crippen molar-refractivity contribution in [3.05, 3.63) is 34.6 Å². The molecule has 1 atom stereocenters. The molecular weight excluding hydrogens is 279 g/mol. The fourth-order valence-electron chi connectivity index (χ4n) is 2.55. The highest BCUT2D eigenvalue weighted by Crippen LogP contribution is 2.29. The summed E-state index contributed by atoms with van der Waals surface area (Å²) in [6.45, 7) is 5.89. The van der Waals surface area contributed by atoms with Gasteiger partial charge in [0.2, 0.25) is 0 Å². The van der Waals surface area contributed by atoms with Gasteiger partial charge in [0.05, 0.1) is 5.02 Å². The zero-order valence-corrected chi connectivity index (χ0v) is 12.6. The highest BCUT2D eigenvalue weighted by atomic mass is 35.5. The Morgan fingerprint density at radius 3 is 2.95 bits per heavy atom. The summed E-state index contributed by atoms with van der Waals surface area (Å²) in [5, 5.41) is 6.31. The van der Waals surface area contributed by atoms with E-state index in [0.29, 0.717) is 12.1 Å². The molecule has 1 fully saturated rings. The molecule has 1 aliphatic rings. The molecule has 110 valence electrons. The van der Waals surface area contributed by atoms with Crippen LogP contribution in [0.25, 0.3) is 0 Å². The Morgan fingerprint density at radius 2 is 2.30 bits per heavy atom. The van der Waals surface area contributed by atoms with Gasteiger partial charge in [0.25, 0.3) is 5.91 Å². The van der Waals surface area contributed by atoms with Gasteiger partial charge in [-0.2, -0.15) is 0 Å². The Kier molecular flexibility index (Phi) is 4.66. The number of hydrogen-bond donors (Lipinski definition) is 2. The molecule has 0 aromatic heterocycles. The number of carbonyl (C=O) groups excluding carboxylic acids is 1. The maximum absolute atomic E-state index is 13.3. The average molecular weight is 299 g/mol. The van der Waals surface area contributed by atoms with E-state index in [-0.39, 0.29) is 22.4 Å². The number of benzene rings is 1. The molecule has 1 aliphatic heterocycles. The van der Waals surface area contributed by atoms with Gasteiger partial charge < -0.3 is 10.6 Å². The molecule has 20 heavy (non-hydrogen) atoms. The second kappa shape index (κ2) is 6.10. The van der Waals surface area contributed by atoms with Crippen molar-refractivity contribution in [3.8, 4) is 0 Å². The van der Waals surface area contributed by atoms with E-state index in [1.54, 1.807) is 0 Å². The first-order valence-electron chi connectivity index (χ1n) is 6.87. The molecule has 1 heterocycles. The SMILES string of the molecule is CC1(C)CCCNC1CNC(=O)c1ccc(Cl)c(F)c1. The van der Waals surface area contributed by atoms with Gasteiger partial charge >= 0.3 is 0 Å². The molecule has 1 aromatic carbocycles. The van der Waals surface area contributed by atoms with Gasteiger partial charge in [-0.25, -0.2) is 4.39 Å². The molecule has 0 spiro atoms. The maximum atomic E-state index is 13.3. The summed E-state index contributed by atoms with van der Waals surface area (Å²) >= 11 is 5.60. The van der Waals surface area contributed by atoms with Gasteiger partial charge in [-0.3, -0.25) is 4.79 Å². The molecule has 0 radical (unpaired) electrons. The van der Waals surface area contributed by atoms with Crippen molar-refractivity contribution in [2.24, 2.45) is 5.41 Å². The lowest BCUT2D eigenvalue weighted by atomic mass is 9.77. The summed E-state index contributed by atoms with van der Waals surface area (Å²) in [5.74, 6) is -0.848. The summed E-state index contributed by atoms with van der Waals surface area (Å²) in [7, 11) is 0. The third kappa shape index (κ3) is 3.49. The maximum Gasteiger partial charge on any atom is 0.251 e. The number of hydrogen-bond acceptors (Lipinski definition) is 2. The summed E-state index contributed by atoms with van der Waals surface area (Å²) in [5.41, 5.74) is 0.442. The van der Waals surface area contributed by atoms with E-state index in [2.05, 4.69) is 24.5 Å². The lowest BCUT2D eigenvalue weighted by Crippen LogP contribution is -2.52. The first-order chi connectivity index (χ1) is 9.40. The van der Waals surface area contributed by atoms with Crippen LogP contribution in [0.5, 0.6) is 0 Å². The van der Waals surface area contributed by atoms with Crippen LogP contribution >= 0.6 is 11.6 Å². The van der Waals surface area contributed by atoms with Gasteiger partial charge in [0.15, 0.2) is 0 Å². The lowest BCUT2D eigenvalue weighted by Gasteiger charge is -2.39. The Balaban J connectivity index is 1.96. The Hall–Kier alpha value is -1.13. The van der Waals surface area contributed by atoms with Crippen molar-refractivity contribution in [1.82, 2.24) is 10.6 Å². The van der Waals surface area contributed by atoms with E-state index < -0.39 is 5.82 Å². The molecule has 2 N–H and O–H groups in total. The molecule has 0 aliphatic carbocycles. The standard InChI is InChI=1S/C15H20ClFN2O/c1-15(2)6-3-7-18-13(15)9-19-14(20)10-4-5-11(16)12(17)8-10/h4-5,8,13,18H,3,6-7,9H2,1-2H3,(H,19,20). The molecule has 5 heteroatoms. The molecule has 1 amide bonds. The van der Waals surface area contributed by atoms with Gasteiger partial charge in [-0.15, -0.1) is 0 Å². The van der Waals surface area contributed by atoms with Crippen LogP contribution in [0.1, 0.15) is 37.0 Å². The van der Waals surface area contributed by atoms with Gasteiger partial charge in [-0.05, 0) is 43.0 Å². The summed E-state index contributed by atoms with van der Waals surface area (Å²) < 4.78 is 13.3. The predicted molar refractivity (Wildman–Crippen MR) is 78.5 cm³/mol. The molecule has 0 saturated carbocycles. The van der Waals surface area contributed by atoms with Gasteiger partial charge in [0, 0.05) is 18.2 Å². The van der Waals surface area contributed by atoms with Crippen molar-refractivity contribution < 1.29 is 9.18 Å². The first kappa shape index (κ1) is 15.3. The number of amides is 1. The minimum Gasteiger partial charge on any atom is -0.350 e. The summed E-state index contributed by atoms with van der Waals surface area (Å²) in [6.07, 6.45) is 2.29. The summed E-state index contributed by atoms with van der Waals surface area (Å²) in [4.78, 5) is 12.0. The second-order valence-electron chi connectivity index (χ2n) is 5.94. The van der Waals surface area contributed by atoms with Crippen LogP contribution in [0.2, 0.25) is 5.02 Å². The largest absolute Gasteiger partial charge is 0.350 e. The van der Waals surface area contributed by atoms with Crippen LogP contribution in [0.4, 0.5) is 4.39 Å². The zero-order valence-electron chi connectivity index (χ0n) is 11.8. The van der Waals surface area contributed by atoms with Crippen LogP contribution in [-0.4, -0.2) is 25.0 Å². The topological polar surface area (TPSA) is 41.1 Å². The fourth-order valence-corrected chi connectivity index (χ4v) is 2.67. The monoisotopic (exact) mass is 298 g/mol. The zero-order chi connectivity index (χ0) is 14.8. The second-order valence-corrected chi connectivity index (χ2v) is 6.34. The van der Waals surface area contributed by atoms with Crippen molar-refractivity contribution in [1.29, 1.82) is 0 Å². The van der Waals surface area contributed by atoms with E-state index in [4.69, 9.17) is 11.6 Å². The minimum atomic E-state index is -0.574. The molecule has 1 aromatic rings. The van der Waals surface area contributed by atoms with Gasteiger partial charge in [-0.1, -0.05) is 25.4 Å². The van der Waals surface area contributed by atoms with E-state index in [0.717, 1.165) is 25.5 Å². The number of rotatable bonds is 3. The first-order valence-corrected chi connectivity index (χ1v) is 7.24. The number of halogens is 2. The number of nitrogens with one attached hydrogen (secondary N) is 2. The van der Waals surface area contributed by atoms with Crippen molar-refractivity contribution in [2.75, 3.05) is 13.1 Å². The summed E-state index contributed by atoms with van der Waals surface area (Å²) in [6, 6.07) is 4.32. The third-order valence-corrected chi connectivity index (χ3v) is 4.29. The highest BCUT2D eigenvalue weighted by Gasteiger charge is 2.31. The fraction of sp³-hybridized carbons (Fsp3) is 0.533. The number of carbonyl (C=O) groups is 1. The smallest absolute Gasteiger partial charge is 0.251 e. The van der Waals surface area contributed by atoms with Crippen LogP contribution in [-0.2, 0) is 0 Å². The predicted octanol–water partition coefficient (Wildman–Crippen LogP) is 2.99. The lowest BCUT2D eigenvalue weighted by molar-refractivity contribution is 0.0928. The van der Waals surface area contributed by atoms with Gasteiger partial charge in [0.1, 0.15) is 5.82 Å². The van der Waals surface area contributed by atoms with Crippen molar-refractivity contribution >= 4 is 17.5 Å². The molecule has 0 bridgehead atoms. The van der Waals surface area contributed by atoms with E-state index in [1.165, 1.54) is 12.1 Å². The van der Waals surface area contributed by atoms with Crippen LogP contribution in [0.3, 0.4) is 0 Å². The van der Waals surface area contributed by atoms with E-state index in [1.807, 2.05) is 0 Å². The molecule has 3 nitrogen and oxygen atoms in total. The van der Waals surface area contributed by atoms with Crippen LogP contribution in [0, 0.1) is 11.2 Å². The normalized spacial score (nSPS) is 21.5. The minimum absolute atomic E-state index is 0.0247. The quantitative estimate of drug-likeness (QED) is 0.901. The van der Waals surface area contributed by atoms with Crippen LogP contribution in [0.15, 0.2) is 18.2 Å². The molecule has 1 saturated heterocycles. The average Bonchev–Trinajstić information content (AvgIpc) is 2.40. The molecule has 2 rings (SSSR count). The third-order valence-electron chi connectivity index (χ3n) is 3.98. The highest BCUT2D eigenvalue weighted by molar-refractivity contribution is 6.30. The Morgan fingerprint density at radius 1 is 1.55 bits per heavy atom. The van der Waals surface area contributed by atoms with Crippen molar-refractivity contribution in [2.45, 2.75) is 32.7 Å². The van der Waals surface area contributed by atoms with E-state index in [9.17, 15) is 9.18 Å². The Bertz CT molecular complexity index is 505. The van der Waals surface area contributed by atoms with Crippen LogP contribution < -0.4 is 10.6 Å². The molecular formula is C15H20ClFN2O.